The van der Waals surface area contributed by atoms with Gasteiger partial charge in [0.05, 0.1) is 0 Å². The van der Waals surface area contributed by atoms with Gasteiger partial charge in [0.15, 0.2) is 11.6 Å². The van der Waals surface area contributed by atoms with Gasteiger partial charge >= 0.3 is 0 Å². The van der Waals surface area contributed by atoms with Gasteiger partial charge < -0.3 is 10.1 Å². The molecule has 0 radical (unpaired) electrons. The highest BCUT2D eigenvalue weighted by Gasteiger charge is 2.05. The Labute approximate surface area is 123 Å². The van der Waals surface area contributed by atoms with Gasteiger partial charge in [0.1, 0.15) is 12.4 Å². The second-order valence-corrected chi connectivity index (χ2v) is 4.78. The number of ether oxygens (including phenoxy) is 1. The van der Waals surface area contributed by atoms with Crippen LogP contribution in [0.5, 0.6) is 5.75 Å². The topological polar surface area (TPSA) is 21.3 Å². The van der Waals surface area contributed by atoms with Crippen LogP contribution in [-0.2, 0) is 13.0 Å². The molecule has 0 amide bonds. The first-order valence-electron chi connectivity index (χ1n) is 7.05. The molecule has 0 aliphatic carbocycles. The molecule has 4 heteroatoms. The van der Waals surface area contributed by atoms with Gasteiger partial charge in [0, 0.05) is 6.07 Å². The number of likely N-dealkylation sites (N-methyl/N-ethyl adjacent to an activating group) is 1. The largest absolute Gasteiger partial charge is 0.486 e. The molecule has 0 atom stereocenters. The summed E-state index contributed by atoms with van der Waals surface area (Å²) in [6.45, 7) is 4.20. The van der Waals surface area contributed by atoms with E-state index in [2.05, 4.69) is 12.2 Å². The van der Waals surface area contributed by atoms with Crippen molar-refractivity contribution in [3.8, 4) is 5.75 Å². The lowest BCUT2D eigenvalue weighted by atomic mass is 10.1. The van der Waals surface area contributed by atoms with Crippen molar-refractivity contribution < 1.29 is 13.5 Å². The van der Waals surface area contributed by atoms with E-state index in [1.54, 1.807) is 0 Å². The fraction of sp³-hybridized carbons (Fsp3) is 0.294. The smallest absolute Gasteiger partial charge is 0.165 e. The summed E-state index contributed by atoms with van der Waals surface area (Å²) in [5.41, 5.74) is 2.16. The molecule has 0 heterocycles. The summed E-state index contributed by atoms with van der Waals surface area (Å²) in [6.07, 6.45) is 0.966. The Hall–Kier alpha value is -1.94. The summed E-state index contributed by atoms with van der Waals surface area (Å²) < 4.78 is 31.7. The number of nitrogens with one attached hydrogen (secondary N) is 1. The van der Waals surface area contributed by atoms with Gasteiger partial charge in [-0.1, -0.05) is 31.2 Å². The standard InChI is InChI=1S/C17H19F2NO/c1-2-20-10-9-13-3-5-14(6-4-13)12-21-17-11-15(18)7-8-16(17)19/h3-8,11,20H,2,9-10,12H2,1H3. The molecular formula is C17H19F2NO. The van der Waals surface area contributed by atoms with Crippen molar-refractivity contribution in [2.45, 2.75) is 20.0 Å². The highest BCUT2D eigenvalue weighted by molar-refractivity contribution is 5.26. The average Bonchev–Trinajstić information content (AvgIpc) is 2.50. The van der Waals surface area contributed by atoms with Crippen LogP contribution in [0.2, 0.25) is 0 Å². The predicted octanol–water partition coefficient (Wildman–Crippen LogP) is 3.70. The van der Waals surface area contributed by atoms with Crippen LogP contribution in [0, 0.1) is 11.6 Å². The second kappa shape index (κ2) is 7.74. The van der Waals surface area contributed by atoms with Crippen LogP contribution >= 0.6 is 0 Å². The molecule has 1 N–H and O–H groups in total. The summed E-state index contributed by atoms with van der Waals surface area (Å²) in [6, 6.07) is 11.1. The molecule has 0 saturated carbocycles. The van der Waals surface area contributed by atoms with Gasteiger partial charge in [-0.25, -0.2) is 8.78 Å². The van der Waals surface area contributed by atoms with Crippen LogP contribution in [0.3, 0.4) is 0 Å². The molecule has 0 saturated heterocycles. The second-order valence-electron chi connectivity index (χ2n) is 4.78. The fourth-order valence-electron chi connectivity index (χ4n) is 1.96. The molecular weight excluding hydrogens is 272 g/mol. The Morgan fingerprint density at radius 1 is 1.00 bits per heavy atom. The van der Waals surface area contributed by atoms with Crippen LogP contribution in [-0.4, -0.2) is 13.1 Å². The highest BCUT2D eigenvalue weighted by Crippen LogP contribution is 2.19. The number of hydrogen-bond acceptors (Lipinski definition) is 2. The normalized spacial score (nSPS) is 10.6. The molecule has 0 aliphatic rings. The van der Waals surface area contributed by atoms with Crippen LogP contribution in [0.25, 0.3) is 0 Å². The Morgan fingerprint density at radius 2 is 1.71 bits per heavy atom. The zero-order chi connectivity index (χ0) is 15.1. The average molecular weight is 291 g/mol. The maximum atomic E-state index is 13.4. The summed E-state index contributed by atoms with van der Waals surface area (Å²) in [7, 11) is 0. The molecule has 0 fully saturated rings. The third kappa shape index (κ3) is 4.83. The third-order valence-electron chi connectivity index (χ3n) is 3.15. The maximum Gasteiger partial charge on any atom is 0.165 e. The molecule has 0 spiro atoms. The van der Waals surface area contributed by atoms with Gasteiger partial charge in [-0.15, -0.1) is 0 Å². The van der Waals surface area contributed by atoms with Gasteiger partial charge in [-0.3, -0.25) is 0 Å². The van der Waals surface area contributed by atoms with Gasteiger partial charge in [-0.05, 0) is 42.8 Å². The number of rotatable bonds is 7. The Balaban J connectivity index is 1.90. The SMILES string of the molecule is CCNCCc1ccc(COc2cc(F)ccc2F)cc1. The molecule has 2 nitrogen and oxygen atoms in total. The van der Waals surface area contributed by atoms with Crippen molar-refractivity contribution in [1.29, 1.82) is 0 Å². The lowest BCUT2D eigenvalue weighted by molar-refractivity contribution is 0.288. The number of hydrogen-bond donors (Lipinski definition) is 1. The van der Waals surface area contributed by atoms with Crippen molar-refractivity contribution in [2.75, 3.05) is 13.1 Å². The van der Waals surface area contributed by atoms with Crippen LogP contribution in [0.1, 0.15) is 18.1 Å². The molecule has 0 unspecified atom stereocenters. The Kier molecular flexibility index (Phi) is 5.69. The van der Waals surface area contributed by atoms with E-state index in [1.165, 1.54) is 5.56 Å². The molecule has 21 heavy (non-hydrogen) atoms. The van der Waals surface area contributed by atoms with Crippen LogP contribution in [0.15, 0.2) is 42.5 Å². The van der Waals surface area contributed by atoms with Crippen molar-refractivity contribution >= 4 is 0 Å². The number of halogens is 2. The van der Waals surface area contributed by atoms with Gasteiger partial charge in [-0.2, -0.15) is 0 Å². The third-order valence-corrected chi connectivity index (χ3v) is 3.15. The van der Waals surface area contributed by atoms with Crippen molar-refractivity contribution in [3.05, 3.63) is 65.2 Å². The van der Waals surface area contributed by atoms with E-state index in [0.29, 0.717) is 0 Å². The van der Waals surface area contributed by atoms with E-state index in [9.17, 15) is 8.78 Å². The van der Waals surface area contributed by atoms with E-state index in [-0.39, 0.29) is 12.4 Å². The predicted molar refractivity (Wildman–Crippen MR) is 79.4 cm³/mol. The molecule has 0 bridgehead atoms. The first-order chi connectivity index (χ1) is 10.2. The Morgan fingerprint density at radius 3 is 2.43 bits per heavy atom. The summed E-state index contributed by atoms with van der Waals surface area (Å²) in [5, 5.41) is 3.27. The molecule has 112 valence electrons. The van der Waals surface area contributed by atoms with E-state index >= 15 is 0 Å². The summed E-state index contributed by atoms with van der Waals surface area (Å²) in [4.78, 5) is 0. The maximum absolute atomic E-state index is 13.4. The quantitative estimate of drug-likeness (QED) is 0.785. The van der Waals surface area contributed by atoms with Crippen LogP contribution in [0.4, 0.5) is 8.78 Å². The fourth-order valence-corrected chi connectivity index (χ4v) is 1.96. The Bertz CT molecular complexity index is 570. The first kappa shape index (κ1) is 15.4. The first-order valence-corrected chi connectivity index (χ1v) is 7.05. The van der Waals surface area contributed by atoms with Crippen LogP contribution < -0.4 is 10.1 Å². The van der Waals surface area contributed by atoms with Crippen molar-refractivity contribution in [1.82, 2.24) is 5.32 Å². The van der Waals surface area contributed by atoms with E-state index in [4.69, 9.17) is 4.74 Å². The van der Waals surface area contributed by atoms with E-state index < -0.39 is 11.6 Å². The molecule has 0 aliphatic heterocycles. The minimum absolute atomic E-state index is 0.0637. The van der Waals surface area contributed by atoms with Gasteiger partial charge in [0.2, 0.25) is 0 Å². The minimum atomic E-state index is -0.557. The molecule has 2 aromatic carbocycles. The molecule has 2 aromatic rings. The summed E-state index contributed by atoms with van der Waals surface area (Å²) >= 11 is 0. The summed E-state index contributed by atoms with van der Waals surface area (Å²) in [5.74, 6) is -1.13. The highest BCUT2D eigenvalue weighted by atomic mass is 19.1. The lowest BCUT2D eigenvalue weighted by Gasteiger charge is -2.08. The van der Waals surface area contributed by atoms with E-state index in [0.717, 1.165) is 43.3 Å². The number of benzene rings is 2. The van der Waals surface area contributed by atoms with Gasteiger partial charge in [0.25, 0.3) is 0 Å². The lowest BCUT2D eigenvalue weighted by Crippen LogP contribution is -2.15. The van der Waals surface area contributed by atoms with Crippen molar-refractivity contribution in [2.24, 2.45) is 0 Å². The monoisotopic (exact) mass is 291 g/mol. The zero-order valence-electron chi connectivity index (χ0n) is 12.0. The zero-order valence-corrected chi connectivity index (χ0v) is 12.0. The molecule has 0 aromatic heterocycles. The molecule has 2 rings (SSSR count). The van der Waals surface area contributed by atoms with Crippen molar-refractivity contribution in [3.63, 3.8) is 0 Å². The van der Waals surface area contributed by atoms with E-state index in [1.807, 2.05) is 24.3 Å². The minimum Gasteiger partial charge on any atom is -0.486 e.